The van der Waals surface area contributed by atoms with Gasteiger partial charge in [-0.1, -0.05) is 0 Å². The summed E-state index contributed by atoms with van der Waals surface area (Å²) in [5.74, 6) is -2.05. The molecule has 0 bridgehead atoms. The molecule has 1 rings (SSSR count). The van der Waals surface area contributed by atoms with Gasteiger partial charge in [0, 0.05) is 27.9 Å². The number of hydrogen-bond acceptors (Lipinski definition) is 9. The summed E-state index contributed by atoms with van der Waals surface area (Å²) < 4.78 is 25.3. The van der Waals surface area contributed by atoms with E-state index < -0.39 is 48.6 Å². The lowest BCUT2D eigenvalue weighted by Gasteiger charge is -2.42. The summed E-state index contributed by atoms with van der Waals surface area (Å²) in [6.45, 7) is 3.41. The quantitative estimate of drug-likeness (QED) is 0.510. The van der Waals surface area contributed by atoms with E-state index in [9.17, 15) is 19.5 Å². The van der Waals surface area contributed by atoms with Gasteiger partial charge in [-0.05, 0) is 0 Å². The summed E-state index contributed by atoms with van der Waals surface area (Å²) in [5.41, 5.74) is 0. The zero-order chi connectivity index (χ0) is 16.9. The first kappa shape index (κ1) is 18.3. The molecule has 0 saturated carbocycles. The van der Waals surface area contributed by atoms with Gasteiger partial charge in [0.1, 0.15) is 6.10 Å². The van der Waals surface area contributed by atoms with Crippen molar-refractivity contribution in [3.05, 3.63) is 0 Å². The van der Waals surface area contributed by atoms with Crippen LogP contribution < -0.4 is 0 Å². The van der Waals surface area contributed by atoms with Crippen molar-refractivity contribution in [3.8, 4) is 0 Å². The number of ether oxygens (including phenoxy) is 5. The highest BCUT2D eigenvalue weighted by molar-refractivity contribution is 5.68. The maximum absolute atomic E-state index is 11.3. The van der Waals surface area contributed by atoms with Crippen molar-refractivity contribution in [1.29, 1.82) is 0 Å². The van der Waals surface area contributed by atoms with E-state index in [2.05, 4.69) is 0 Å². The number of rotatable bonds is 5. The lowest BCUT2D eigenvalue weighted by atomic mass is 9.98. The van der Waals surface area contributed by atoms with Crippen molar-refractivity contribution in [2.45, 2.75) is 51.5 Å². The topological polar surface area (TPSA) is 118 Å². The average molecular weight is 320 g/mol. The van der Waals surface area contributed by atoms with Gasteiger partial charge in [0.2, 0.25) is 0 Å². The molecule has 5 atom stereocenters. The largest absolute Gasteiger partial charge is 0.456 e. The van der Waals surface area contributed by atoms with Gasteiger partial charge in [0.15, 0.2) is 24.6 Å². The van der Waals surface area contributed by atoms with Crippen LogP contribution in [-0.4, -0.2) is 67.4 Å². The fourth-order valence-corrected chi connectivity index (χ4v) is 2.17. The van der Waals surface area contributed by atoms with Gasteiger partial charge < -0.3 is 28.8 Å². The first-order valence-corrected chi connectivity index (χ1v) is 6.60. The second-order valence-electron chi connectivity index (χ2n) is 4.74. The Morgan fingerprint density at radius 1 is 0.909 bits per heavy atom. The monoisotopic (exact) mass is 320 g/mol. The second-order valence-corrected chi connectivity index (χ2v) is 4.74. The van der Waals surface area contributed by atoms with E-state index in [-0.39, 0.29) is 6.61 Å². The Morgan fingerprint density at radius 3 is 1.82 bits per heavy atom. The molecule has 0 aromatic carbocycles. The van der Waals surface area contributed by atoms with Crippen LogP contribution >= 0.6 is 0 Å². The maximum atomic E-state index is 11.3. The zero-order valence-corrected chi connectivity index (χ0v) is 12.8. The fourth-order valence-electron chi connectivity index (χ4n) is 2.17. The normalized spacial score (nSPS) is 31.2. The van der Waals surface area contributed by atoms with E-state index in [1.807, 2.05) is 0 Å². The molecule has 0 spiro atoms. The minimum absolute atomic E-state index is 0.0282. The van der Waals surface area contributed by atoms with Crippen LogP contribution in [0.25, 0.3) is 0 Å². The molecular formula is C13H20O9. The Kier molecular flexibility index (Phi) is 6.72. The summed E-state index contributed by atoms with van der Waals surface area (Å²) in [4.78, 5) is 33.7. The van der Waals surface area contributed by atoms with Crippen LogP contribution in [0.5, 0.6) is 0 Å². The number of esters is 3. The molecule has 0 aromatic rings. The summed E-state index contributed by atoms with van der Waals surface area (Å²) >= 11 is 0. The highest BCUT2D eigenvalue weighted by Gasteiger charge is 2.51. The highest BCUT2D eigenvalue weighted by atomic mass is 16.7. The van der Waals surface area contributed by atoms with E-state index in [0.717, 1.165) is 13.8 Å². The van der Waals surface area contributed by atoms with E-state index >= 15 is 0 Å². The minimum Gasteiger partial charge on any atom is -0.456 e. The Hall–Kier alpha value is -1.71. The number of carbonyl (C=O) groups is 3. The van der Waals surface area contributed by atoms with Crippen molar-refractivity contribution >= 4 is 17.9 Å². The molecule has 1 heterocycles. The molecule has 1 aliphatic heterocycles. The van der Waals surface area contributed by atoms with Gasteiger partial charge in [0.05, 0.1) is 6.61 Å². The fraction of sp³-hybridized carbons (Fsp3) is 0.769. The highest BCUT2D eigenvalue weighted by Crippen LogP contribution is 2.27. The van der Waals surface area contributed by atoms with E-state index in [0.29, 0.717) is 0 Å². The van der Waals surface area contributed by atoms with Crippen LogP contribution in [0.4, 0.5) is 0 Å². The summed E-state index contributed by atoms with van der Waals surface area (Å²) in [5, 5.41) is 9.96. The molecule has 1 fully saturated rings. The van der Waals surface area contributed by atoms with Gasteiger partial charge in [-0.3, -0.25) is 14.4 Å². The number of methoxy groups -OCH3 is 1. The Labute approximate surface area is 127 Å². The number of carbonyl (C=O) groups excluding carboxylic acids is 3. The van der Waals surface area contributed by atoms with Crippen LogP contribution in [0.3, 0.4) is 0 Å². The molecular weight excluding hydrogens is 300 g/mol. The molecule has 9 nitrogen and oxygen atoms in total. The molecule has 1 N–H and O–H groups in total. The molecule has 1 aliphatic rings. The molecule has 0 aromatic heterocycles. The molecule has 0 unspecified atom stereocenters. The van der Waals surface area contributed by atoms with Crippen LogP contribution in [0.1, 0.15) is 20.8 Å². The van der Waals surface area contributed by atoms with Crippen LogP contribution in [0.2, 0.25) is 0 Å². The van der Waals surface area contributed by atoms with Crippen molar-refractivity contribution in [3.63, 3.8) is 0 Å². The van der Waals surface area contributed by atoms with Crippen molar-refractivity contribution in [2.24, 2.45) is 0 Å². The zero-order valence-electron chi connectivity index (χ0n) is 12.8. The summed E-state index contributed by atoms with van der Waals surface area (Å²) in [6, 6.07) is 0. The van der Waals surface area contributed by atoms with Gasteiger partial charge >= 0.3 is 17.9 Å². The van der Waals surface area contributed by atoms with Gasteiger partial charge in [-0.15, -0.1) is 0 Å². The third-order valence-corrected chi connectivity index (χ3v) is 2.85. The summed E-state index contributed by atoms with van der Waals surface area (Å²) in [6.07, 6.45) is -6.07. The minimum atomic E-state index is -1.56. The Balaban J connectivity index is 3.09. The number of aliphatic hydroxyl groups is 1. The maximum Gasteiger partial charge on any atom is 0.303 e. The smallest absolute Gasteiger partial charge is 0.303 e. The van der Waals surface area contributed by atoms with E-state index in [1.54, 1.807) is 0 Å². The Morgan fingerprint density at radius 2 is 1.36 bits per heavy atom. The molecule has 1 saturated heterocycles. The van der Waals surface area contributed by atoms with Crippen LogP contribution in [-0.2, 0) is 38.1 Å². The molecule has 0 radical (unpaired) electrons. The average Bonchev–Trinajstić information content (AvgIpc) is 2.37. The first-order valence-electron chi connectivity index (χ1n) is 6.60. The van der Waals surface area contributed by atoms with Crippen molar-refractivity contribution < 1.29 is 43.2 Å². The standard InChI is InChI=1S/C13H20O9/c1-6(14)19-10-9(5-18-4)22-13(17)12(21-8(3)16)11(10)20-7(2)15/h9-13,17H,5H2,1-4H3/t9-,10-,11+,12+,13-/m1/s1. The lowest BCUT2D eigenvalue weighted by Crippen LogP contribution is -2.62. The predicted molar refractivity (Wildman–Crippen MR) is 69.4 cm³/mol. The molecule has 0 aliphatic carbocycles. The Bertz CT molecular complexity index is 422. The van der Waals surface area contributed by atoms with Crippen molar-refractivity contribution in [1.82, 2.24) is 0 Å². The SMILES string of the molecule is COC[C@H]1O[C@@H](O)[C@@H](OC(C)=O)[C@@H](OC(C)=O)[C@@H]1OC(C)=O. The molecule has 22 heavy (non-hydrogen) atoms. The predicted octanol–water partition coefficient (Wildman–Crippen LogP) is -0.855. The van der Waals surface area contributed by atoms with Crippen molar-refractivity contribution in [2.75, 3.05) is 13.7 Å². The third kappa shape index (κ3) is 4.93. The number of aliphatic hydroxyl groups excluding tert-OH is 1. The molecule has 0 amide bonds. The second kappa shape index (κ2) is 8.06. The number of hydrogen-bond donors (Lipinski definition) is 1. The first-order chi connectivity index (χ1) is 10.3. The van der Waals surface area contributed by atoms with Gasteiger partial charge in [0.25, 0.3) is 0 Å². The summed E-state index contributed by atoms with van der Waals surface area (Å²) in [7, 11) is 1.39. The molecule has 126 valence electrons. The molecule has 9 heteroatoms. The van der Waals surface area contributed by atoms with Crippen LogP contribution in [0, 0.1) is 0 Å². The third-order valence-electron chi connectivity index (χ3n) is 2.85. The van der Waals surface area contributed by atoms with Gasteiger partial charge in [-0.2, -0.15) is 0 Å². The van der Waals surface area contributed by atoms with E-state index in [1.165, 1.54) is 14.0 Å². The lowest BCUT2D eigenvalue weighted by molar-refractivity contribution is -0.296. The van der Waals surface area contributed by atoms with Gasteiger partial charge in [-0.25, -0.2) is 0 Å². The van der Waals surface area contributed by atoms with E-state index in [4.69, 9.17) is 23.7 Å². The van der Waals surface area contributed by atoms with Crippen LogP contribution in [0.15, 0.2) is 0 Å².